The zero-order valence-electron chi connectivity index (χ0n) is 16.9. The summed E-state index contributed by atoms with van der Waals surface area (Å²) in [7, 11) is 1.91. The number of fused-ring (bicyclic) bond motifs is 2. The summed E-state index contributed by atoms with van der Waals surface area (Å²) in [6.45, 7) is 3.15. The van der Waals surface area contributed by atoms with Crippen molar-refractivity contribution in [1.82, 2.24) is 14.7 Å². The Hall–Kier alpha value is -3.48. The third-order valence-electron chi connectivity index (χ3n) is 5.64. The van der Waals surface area contributed by atoms with Crippen LogP contribution in [0.15, 0.2) is 54.9 Å². The van der Waals surface area contributed by atoms with Crippen LogP contribution in [0.1, 0.15) is 29.5 Å². The third-order valence-corrected chi connectivity index (χ3v) is 5.64. The fourth-order valence-corrected chi connectivity index (χ4v) is 4.14. The first kappa shape index (κ1) is 18.5. The molecule has 2 atom stereocenters. The van der Waals surface area contributed by atoms with Gasteiger partial charge in [-0.2, -0.15) is 5.10 Å². The standard InChI is InChI=1S/C23H23N3O4/c1-15(30-18-7-8-21-22(9-18)29-14-28-21)23(27)26-12-16-5-3-4-6-19(16)20(13-26)17-10-24-25(2)11-17/h3-11,15,20H,12-14H2,1-2H3/t15-,20-/m0/s1. The second-order valence-electron chi connectivity index (χ2n) is 7.69. The van der Waals surface area contributed by atoms with Gasteiger partial charge in [-0.25, -0.2) is 0 Å². The minimum atomic E-state index is -0.620. The molecule has 0 spiro atoms. The van der Waals surface area contributed by atoms with Gasteiger partial charge in [0.2, 0.25) is 6.79 Å². The van der Waals surface area contributed by atoms with E-state index in [9.17, 15) is 4.79 Å². The SMILES string of the molecule is C[C@H](Oc1ccc2c(c1)OCO2)C(=O)N1Cc2ccccc2[C@H](c2cnn(C)c2)C1. The monoisotopic (exact) mass is 405 g/mol. The number of ether oxygens (including phenoxy) is 3. The second kappa shape index (κ2) is 7.40. The van der Waals surface area contributed by atoms with E-state index >= 15 is 0 Å². The number of hydrogen-bond donors (Lipinski definition) is 0. The van der Waals surface area contributed by atoms with Crippen molar-refractivity contribution in [2.45, 2.75) is 25.5 Å². The van der Waals surface area contributed by atoms with Gasteiger partial charge < -0.3 is 19.1 Å². The zero-order chi connectivity index (χ0) is 20.7. The van der Waals surface area contributed by atoms with Crippen LogP contribution in [-0.2, 0) is 18.4 Å². The summed E-state index contributed by atoms with van der Waals surface area (Å²) in [5.74, 6) is 1.95. The molecule has 2 aliphatic heterocycles. The number of amides is 1. The van der Waals surface area contributed by atoms with Gasteiger partial charge in [0, 0.05) is 38.3 Å². The highest BCUT2D eigenvalue weighted by Gasteiger charge is 2.32. The summed E-state index contributed by atoms with van der Waals surface area (Å²) in [5.41, 5.74) is 3.51. The molecule has 3 heterocycles. The van der Waals surface area contributed by atoms with E-state index in [-0.39, 0.29) is 18.6 Å². The Labute approximate surface area is 174 Å². The van der Waals surface area contributed by atoms with Crippen molar-refractivity contribution in [1.29, 1.82) is 0 Å². The first-order valence-corrected chi connectivity index (χ1v) is 10.00. The lowest BCUT2D eigenvalue weighted by Crippen LogP contribution is -2.44. The Balaban J connectivity index is 1.36. The number of carbonyl (C=O) groups is 1. The molecule has 0 radical (unpaired) electrons. The van der Waals surface area contributed by atoms with Crippen LogP contribution < -0.4 is 14.2 Å². The quantitative estimate of drug-likeness (QED) is 0.667. The lowest BCUT2D eigenvalue weighted by molar-refractivity contribution is -0.139. The van der Waals surface area contributed by atoms with E-state index in [0.29, 0.717) is 30.3 Å². The lowest BCUT2D eigenvalue weighted by Gasteiger charge is -2.35. The molecule has 0 fully saturated rings. The highest BCUT2D eigenvalue weighted by molar-refractivity contribution is 5.81. The summed E-state index contributed by atoms with van der Waals surface area (Å²) in [5, 5.41) is 4.32. The molecule has 3 aromatic rings. The number of benzene rings is 2. The van der Waals surface area contributed by atoms with E-state index in [2.05, 4.69) is 17.2 Å². The van der Waals surface area contributed by atoms with Gasteiger partial charge in [-0.05, 0) is 35.7 Å². The molecule has 2 aromatic carbocycles. The molecule has 7 heteroatoms. The maximum atomic E-state index is 13.3. The van der Waals surface area contributed by atoms with Crippen LogP contribution in [-0.4, -0.2) is 40.0 Å². The van der Waals surface area contributed by atoms with E-state index in [1.807, 2.05) is 36.5 Å². The van der Waals surface area contributed by atoms with Crippen LogP contribution in [0.2, 0.25) is 0 Å². The molecule has 154 valence electrons. The van der Waals surface area contributed by atoms with Crippen LogP contribution in [0.5, 0.6) is 17.2 Å². The van der Waals surface area contributed by atoms with Gasteiger partial charge in [0.25, 0.3) is 5.91 Å². The lowest BCUT2D eigenvalue weighted by atomic mass is 9.86. The van der Waals surface area contributed by atoms with Gasteiger partial charge in [-0.3, -0.25) is 9.48 Å². The van der Waals surface area contributed by atoms with Gasteiger partial charge in [0.05, 0.1) is 6.20 Å². The average molecular weight is 405 g/mol. The van der Waals surface area contributed by atoms with E-state index in [1.54, 1.807) is 29.8 Å². The van der Waals surface area contributed by atoms with Crippen molar-refractivity contribution in [3.05, 3.63) is 71.5 Å². The fourth-order valence-electron chi connectivity index (χ4n) is 4.14. The molecule has 0 N–H and O–H groups in total. The van der Waals surface area contributed by atoms with Gasteiger partial charge in [-0.15, -0.1) is 0 Å². The summed E-state index contributed by atoms with van der Waals surface area (Å²) >= 11 is 0. The number of aryl methyl sites for hydroxylation is 1. The first-order chi connectivity index (χ1) is 14.6. The normalized spacial score (nSPS) is 18.1. The highest BCUT2D eigenvalue weighted by Crippen LogP contribution is 2.36. The van der Waals surface area contributed by atoms with Gasteiger partial charge in [0.15, 0.2) is 17.6 Å². The van der Waals surface area contributed by atoms with Gasteiger partial charge in [-0.1, -0.05) is 24.3 Å². The molecular weight excluding hydrogens is 382 g/mol. The van der Waals surface area contributed by atoms with Crippen LogP contribution in [0, 0.1) is 0 Å². The minimum absolute atomic E-state index is 0.0453. The van der Waals surface area contributed by atoms with Gasteiger partial charge >= 0.3 is 0 Å². The Kier molecular flexibility index (Phi) is 4.58. The Morgan fingerprint density at radius 2 is 2.03 bits per heavy atom. The van der Waals surface area contributed by atoms with Crippen molar-refractivity contribution in [3.63, 3.8) is 0 Å². The van der Waals surface area contributed by atoms with E-state index in [4.69, 9.17) is 14.2 Å². The van der Waals surface area contributed by atoms with Gasteiger partial charge in [0.1, 0.15) is 5.75 Å². The summed E-state index contributed by atoms with van der Waals surface area (Å²) in [6.07, 6.45) is 3.27. The van der Waals surface area contributed by atoms with Crippen molar-refractivity contribution >= 4 is 5.91 Å². The largest absolute Gasteiger partial charge is 0.481 e. The summed E-state index contributed by atoms with van der Waals surface area (Å²) in [6, 6.07) is 13.6. The first-order valence-electron chi connectivity index (χ1n) is 10.00. The second-order valence-corrected chi connectivity index (χ2v) is 7.69. The van der Waals surface area contributed by atoms with Crippen LogP contribution in [0.3, 0.4) is 0 Å². The minimum Gasteiger partial charge on any atom is -0.481 e. The molecular formula is C23H23N3O4. The molecule has 1 amide bonds. The predicted octanol–water partition coefficient (Wildman–Crippen LogP) is 3.09. The van der Waals surface area contributed by atoms with E-state index < -0.39 is 6.10 Å². The maximum absolute atomic E-state index is 13.3. The fraction of sp³-hybridized carbons (Fsp3) is 0.304. The Morgan fingerprint density at radius 3 is 2.87 bits per heavy atom. The van der Waals surface area contributed by atoms with Crippen molar-refractivity contribution in [2.75, 3.05) is 13.3 Å². The summed E-state index contributed by atoms with van der Waals surface area (Å²) < 4.78 is 18.5. The number of aromatic nitrogens is 2. The zero-order valence-corrected chi connectivity index (χ0v) is 16.9. The third kappa shape index (κ3) is 3.36. The molecule has 5 rings (SSSR count). The topological polar surface area (TPSA) is 65.8 Å². The Morgan fingerprint density at radius 1 is 1.20 bits per heavy atom. The van der Waals surface area contributed by atoms with Crippen molar-refractivity contribution in [3.8, 4) is 17.2 Å². The highest BCUT2D eigenvalue weighted by atomic mass is 16.7. The predicted molar refractivity (Wildman–Crippen MR) is 110 cm³/mol. The Bertz CT molecular complexity index is 1090. The molecule has 30 heavy (non-hydrogen) atoms. The average Bonchev–Trinajstić information content (AvgIpc) is 3.40. The molecule has 0 saturated heterocycles. The molecule has 1 aromatic heterocycles. The molecule has 2 aliphatic rings. The number of hydrogen-bond acceptors (Lipinski definition) is 5. The van der Waals surface area contributed by atoms with Crippen LogP contribution in [0.25, 0.3) is 0 Å². The van der Waals surface area contributed by atoms with Crippen LogP contribution >= 0.6 is 0 Å². The molecule has 0 unspecified atom stereocenters. The van der Waals surface area contributed by atoms with E-state index in [1.165, 1.54) is 5.56 Å². The number of carbonyl (C=O) groups excluding carboxylic acids is 1. The van der Waals surface area contributed by atoms with E-state index in [0.717, 1.165) is 11.1 Å². The maximum Gasteiger partial charge on any atom is 0.263 e. The number of nitrogens with zero attached hydrogens (tertiary/aromatic N) is 3. The molecule has 7 nitrogen and oxygen atoms in total. The van der Waals surface area contributed by atoms with Crippen molar-refractivity contribution < 1.29 is 19.0 Å². The molecule has 0 bridgehead atoms. The molecule has 0 saturated carbocycles. The smallest absolute Gasteiger partial charge is 0.263 e. The van der Waals surface area contributed by atoms with Crippen LogP contribution in [0.4, 0.5) is 0 Å². The summed E-state index contributed by atoms with van der Waals surface area (Å²) in [4.78, 5) is 15.1. The van der Waals surface area contributed by atoms with Crippen molar-refractivity contribution in [2.24, 2.45) is 7.05 Å². The molecule has 0 aliphatic carbocycles. The number of rotatable bonds is 4.